The number of hydrogen-bond donors (Lipinski definition) is 1. The molecular weight excluding hydrogens is 538 g/mol. The Labute approximate surface area is 257 Å². The zero-order chi connectivity index (χ0) is 30.0. The van der Waals surface area contributed by atoms with Gasteiger partial charge in [-0.3, -0.25) is 4.90 Å². The molecule has 0 unspecified atom stereocenters. The van der Waals surface area contributed by atoms with Crippen LogP contribution >= 0.6 is 0 Å². The molecule has 4 heteroatoms. The maximum atomic E-state index is 10.8. The zero-order valence-electron chi connectivity index (χ0n) is 24.6. The summed E-state index contributed by atoms with van der Waals surface area (Å²) in [5.74, 6) is 1.03. The van der Waals surface area contributed by atoms with Gasteiger partial charge in [-0.1, -0.05) is 84.9 Å². The number of fused-ring (bicyclic) bond motifs is 1. The third-order valence-corrected chi connectivity index (χ3v) is 8.06. The second-order valence-electron chi connectivity index (χ2n) is 11.0. The summed E-state index contributed by atoms with van der Waals surface area (Å²) in [6, 6.07) is 47.2. The van der Waals surface area contributed by atoms with Gasteiger partial charge in [-0.15, -0.1) is 0 Å². The SMILES string of the molecule is Cc1cccc(C)c1-c1cc(-c2cccc(N(c3ccccn3)c3cccc4ccccc34)c2)nc(-c2ccccc2O)c1. The Morgan fingerprint density at radius 3 is 2.11 bits per heavy atom. The minimum Gasteiger partial charge on any atom is -0.507 e. The van der Waals surface area contributed by atoms with Gasteiger partial charge in [0.2, 0.25) is 0 Å². The van der Waals surface area contributed by atoms with Crippen LogP contribution in [0.15, 0.2) is 146 Å². The molecule has 0 amide bonds. The van der Waals surface area contributed by atoms with Crippen molar-refractivity contribution < 1.29 is 5.11 Å². The summed E-state index contributed by atoms with van der Waals surface area (Å²) in [5.41, 5.74) is 9.85. The highest BCUT2D eigenvalue weighted by Gasteiger charge is 2.18. The summed E-state index contributed by atoms with van der Waals surface area (Å²) in [5, 5.41) is 13.1. The predicted molar refractivity (Wildman–Crippen MR) is 182 cm³/mol. The van der Waals surface area contributed by atoms with Crippen LogP contribution in [0.25, 0.3) is 44.4 Å². The first-order valence-corrected chi connectivity index (χ1v) is 14.7. The third-order valence-electron chi connectivity index (χ3n) is 8.06. The maximum absolute atomic E-state index is 10.8. The van der Waals surface area contributed by atoms with Crippen LogP contribution in [0, 0.1) is 13.8 Å². The number of aryl methyl sites for hydroxylation is 2. The van der Waals surface area contributed by atoms with E-state index in [1.54, 1.807) is 6.07 Å². The molecule has 0 saturated carbocycles. The molecule has 0 fully saturated rings. The fourth-order valence-electron chi connectivity index (χ4n) is 6.01. The number of aromatic hydroxyl groups is 1. The van der Waals surface area contributed by atoms with Crippen LogP contribution in [-0.4, -0.2) is 15.1 Å². The Bertz CT molecular complexity index is 2090. The van der Waals surface area contributed by atoms with E-state index >= 15 is 0 Å². The molecule has 1 N–H and O–H groups in total. The Morgan fingerprint density at radius 2 is 1.30 bits per heavy atom. The predicted octanol–water partition coefficient (Wildman–Crippen LogP) is 10.4. The van der Waals surface area contributed by atoms with Crippen molar-refractivity contribution in [2.75, 3.05) is 4.90 Å². The minimum atomic E-state index is 0.204. The summed E-state index contributed by atoms with van der Waals surface area (Å²) in [7, 11) is 0. The normalized spacial score (nSPS) is 11.0. The molecular formula is C40H31N3O. The summed E-state index contributed by atoms with van der Waals surface area (Å²) in [6.45, 7) is 4.27. The van der Waals surface area contributed by atoms with Crippen molar-refractivity contribution in [1.29, 1.82) is 0 Å². The van der Waals surface area contributed by atoms with Gasteiger partial charge in [0.05, 0.1) is 17.1 Å². The average molecular weight is 570 g/mol. The molecule has 0 spiro atoms. The van der Waals surface area contributed by atoms with Crippen molar-refractivity contribution in [3.05, 3.63) is 157 Å². The summed E-state index contributed by atoms with van der Waals surface area (Å²) in [6.07, 6.45) is 1.82. The first-order chi connectivity index (χ1) is 21.6. The van der Waals surface area contributed by atoms with Crippen molar-refractivity contribution in [2.45, 2.75) is 13.8 Å². The lowest BCUT2D eigenvalue weighted by atomic mass is 9.93. The number of nitrogens with zero attached hydrogens (tertiary/aromatic N) is 3. The fraction of sp³-hybridized carbons (Fsp3) is 0.0500. The highest BCUT2D eigenvalue weighted by molar-refractivity contribution is 5.98. The maximum Gasteiger partial charge on any atom is 0.137 e. The van der Waals surface area contributed by atoms with Crippen molar-refractivity contribution in [3.63, 3.8) is 0 Å². The second kappa shape index (κ2) is 11.5. The lowest BCUT2D eigenvalue weighted by molar-refractivity contribution is 0.477. The highest BCUT2D eigenvalue weighted by atomic mass is 16.3. The fourth-order valence-corrected chi connectivity index (χ4v) is 6.01. The van der Waals surface area contributed by atoms with E-state index in [9.17, 15) is 5.11 Å². The first kappa shape index (κ1) is 27.1. The molecule has 0 aliphatic heterocycles. The Morgan fingerprint density at radius 1 is 0.591 bits per heavy atom. The number of para-hydroxylation sites is 1. The van der Waals surface area contributed by atoms with Gasteiger partial charge in [0.15, 0.2) is 0 Å². The Balaban J connectivity index is 1.44. The Hall–Kier alpha value is -5.74. The van der Waals surface area contributed by atoms with Crippen molar-refractivity contribution in [2.24, 2.45) is 0 Å². The smallest absolute Gasteiger partial charge is 0.137 e. The van der Waals surface area contributed by atoms with E-state index in [1.165, 1.54) is 16.7 Å². The van der Waals surface area contributed by atoms with Crippen LogP contribution in [0.4, 0.5) is 17.2 Å². The molecule has 0 atom stereocenters. The number of rotatable bonds is 6. The van der Waals surface area contributed by atoms with Crippen molar-refractivity contribution in [1.82, 2.24) is 9.97 Å². The zero-order valence-corrected chi connectivity index (χ0v) is 24.6. The van der Waals surface area contributed by atoms with E-state index in [0.29, 0.717) is 5.56 Å². The minimum absolute atomic E-state index is 0.204. The van der Waals surface area contributed by atoms with E-state index in [2.05, 4.69) is 116 Å². The van der Waals surface area contributed by atoms with Crippen molar-refractivity contribution in [3.8, 4) is 39.4 Å². The molecule has 2 aromatic heterocycles. The number of hydrogen-bond acceptors (Lipinski definition) is 4. The largest absolute Gasteiger partial charge is 0.507 e. The number of aromatic nitrogens is 2. The monoisotopic (exact) mass is 569 g/mol. The molecule has 2 heterocycles. The van der Waals surface area contributed by atoms with Crippen molar-refractivity contribution >= 4 is 28.0 Å². The lowest BCUT2D eigenvalue weighted by Crippen LogP contribution is -2.12. The molecule has 7 rings (SSSR count). The lowest BCUT2D eigenvalue weighted by Gasteiger charge is -2.26. The van der Waals surface area contributed by atoms with Gasteiger partial charge in [-0.05, 0) is 96.1 Å². The molecule has 0 aliphatic rings. The number of phenols is 1. The van der Waals surface area contributed by atoms with E-state index < -0.39 is 0 Å². The molecule has 0 radical (unpaired) electrons. The van der Waals surface area contributed by atoms with E-state index in [1.807, 2.05) is 42.6 Å². The topological polar surface area (TPSA) is 49.2 Å². The van der Waals surface area contributed by atoms with Crippen LogP contribution in [0.5, 0.6) is 5.75 Å². The standard InChI is InChI=1S/C40H31N3O/c1-27-12-9-13-28(2)40(27)31-25-35(42-36(26-31)34-19-5-6-21-38(34)44)30-16-10-17-32(24-30)43(39-22-7-8-23-41-39)37-20-11-15-29-14-3-4-18-33(29)37/h3-26,44H,1-2H3. The van der Waals surface area contributed by atoms with Gasteiger partial charge >= 0.3 is 0 Å². The van der Waals surface area contributed by atoms with Gasteiger partial charge in [0.1, 0.15) is 11.6 Å². The number of anilines is 3. The Kier molecular flexibility index (Phi) is 7.09. The molecule has 0 bridgehead atoms. The molecule has 0 saturated heterocycles. The average Bonchev–Trinajstić information content (AvgIpc) is 3.06. The summed E-state index contributed by atoms with van der Waals surface area (Å²) in [4.78, 5) is 12.1. The molecule has 5 aromatic carbocycles. The van der Waals surface area contributed by atoms with Crippen LogP contribution in [0.2, 0.25) is 0 Å². The molecule has 212 valence electrons. The number of pyridine rings is 2. The second-order valence-corrected chi connectivity index (χ2v) is 11.0. The van der Waals surface area contributed by atoms with Crippen LogP contribution in [0.3, 0.4) is 0 Å². The molecule has 44 heavy (non-hydrogen) atoms. The number of phenolic OH excluding ortho intramolecular Hbond substituents is 1. The van der Waals surface area contributed by atoms with Crippen LogP contribution in [-0.2, 0) is 0 Å². The first-order valence-electron chi connectivity index (χ1n) is 14.7. The summed E-state index contributed by atoms with van der Waals surface area (Å²) >= 11 is 0. The highest BCUT2D eigenvalue weighted by Crippen LogP contribution is 2.40. The van der Waals surface area contributed by atoms with Gasteiger partial charge in [-0.25, -0.2) is 9.97 Å². The van der Waals surface area contributed by atoms with Gasteiger partial charge in [-0.2, -0.15) is 0 Å². The van der Waals surface area contributed by atoms with Crippen LogP contribution < -0.4 is 4.90 Å². The van der Waals surface area contributed by atoms with E-state index in [0.717, 1.165) is 50.5 Å². The quantitative estimate of drug-likeness (QED) is 0.216. The molecule has 7 aromatic rings. The van der Waals surface area contributed by atoms with Crippen LogP contribution in [0.1, 0.15) is 11.1 Å². The van der Waals surface area contributed by atoms with E-state index in [-0.39, 0.29) is 5.75 Å². The molecule has 0 aliphatic carbocycles. The van der Waals surface area contributed by atoms with E-state index in [4.69, 9.17) is 9.97 Å². The van der Waals surface area contributed by atoms with Gasteiger partial charge in [0, 0.05) is 28.4 Å². The molecule has 4 nitrogen and oxygen atoms in total. The van der Waals surface area contributed by atoms with Gasteiger partial charge in [0.25, 0.3) is 0 Å². The third kappa shape index (κ3) is 5.07. The summed E-state index contributed by atoms with van der Waals surface area (Å²) < 4.78 is 0. The number of benzene rings is 5. The van der Waals surface area contributed by atoms with Gasteiger partial charge < -0.3 is 5.11 Å².